The van der Waals surface area contributed by atoms with Crippen molar-refractivity contribution in [1.82, 2.24) is 10.6 Å². The molecule has 1 unspecified atom stereocenters. The Bertz CT molecular complexity index is 643. The molecule has 2 rings (SSSR count). The first-order chi connectivity index (χ1) is 10.6. The Morgan fingerprint density at radius 2 is 1.96 bits per heavy atom. The Morgan fingerprint density at radius 3 is 2.57 bits per heavy atom. The smallest absolute Gasteiger partial charge is 0.255 e. The van der Waals surface area contributed by atoms with Gasteiger partial charge < -0.3 is 20.8 Å². The Hall–Kier alpha value is -2.31. The average molecular weight is 338 g/mol. The number of nitrogens with one attached hydrogen (secondary N) is 2. The highest BCUT2D eigenvalue weighted by Gasteiger charge is 2.17. The van der Waals surface area contributed by atoms with Crippen LogP contribution in [0.2, 0.25) is 0 Å². The summed E-state index contributed by atoms with van der Waals surface area (Å²) in [6, 6.07) is 10.5. The zero-order valence-corrected chi connectivity index (χ0v) is 13.6. The number of furan rings is 1. The summed E-state index contributed by atoms with van der Waals surface area (Å²) in [5.41, 5.74) is 6.77. The third-order valence-electron chi connectivity index (χ3n) is 3.17. The maximum absolute atomic E-state index is 12.0. The van der Waals surface area contributed by atoms with Crippen LogP contribution in [0.3, 0.4) is 0 Å². The van der Waals surface area contributed by atoms with Gasteiger partial charge in [-0.2, -0.15) is 0 Å². The van der Waals surface area contributed by atoms with Crippen LogP contribution < -0.4 is 16.4 Å². The molecule has 6 nitrogen and oxygen atoms in total. The van der Waals surface area contributed by atoms with Crippen molar-refractivity contribution in [3.05, 3.63) is 59.5 Å². The van der Waals surface area contributed by atoms with Gasteiger partial charge >= 0.3 is 0 Å². The van der Waals surface area contributed by atoms with Gasteiger partial charge in [0.05, 0.1) is 12.1 Å². The number of nitrogens with two attached hydrogens (primary N) is 1. The van der Waals surface area contributed by atoms with Crippen molar-refractivity contribution in [2.24, 2.45) is 5.73 Å². The number of hydrogen-bond donors (Lipinski definition) is 3. The molecule has 23 heavy (non-hydrogen) atoms. The van der Waals surface area contributed by atoms with E-state index in [0.29, 0.717) is 17.9 Å². The van der Waals surface area contributed by atoms with E-state index in [1.54, 1.807) is 13.0 Å². The lowest BCUT2D eigenvalue weighted by molar-refractivity contribution is -0.122. The third-order valence-corrected chi connectivity index (χ3v) is 3.17. The predicted octanol–water partition coefficient (Wildman–Crippen LogP) is 1.59. The van der Waals surface area contributed by atoms with Crippen molar-refractivity contribution in [2.45, 2.75) is 26.1 Å². The number of halogens is 1. The molecule has 0 bridgehead atoms. The van der Waals surface area contributed by atoms with Gasteiger partial charge in [-0.15, -0.1) is 12.4 Å². The van der Waals surface area contributed by atoms with Gasteiger partial charge in [-0.05, 0) is 18.6 Å². The number of benzene rings is 1. The maximum atomic E-state index is 12.0. The summed E-state index contributed by atoms with van der Waals surface area (Å²) in [6.07, 6.45) is 1.33. The molecule has 124 valence electrons. The van der Waals surface area contributed by atoms with E-state index in [4.69, 9.17) is 10.2 Å². The molecular formula is C16H20ClN3O3. The molecule has 1 heterocycles. The largest absolute Gasteiger partial charge is 0.467 e. The van der Waals surface area contributed by atoms with Crippen molar-refractivity contribution in [3.63, 3.8) is 0 Å². The molecule has 0 aliphatic rings. The van der Waals surface area contributed by atoms with Crippen molar-refractivity contribution in [3.8, 4) is 0 Å². The highest BCUT2D eigenvalue weighted by Crippen LogP contribution is 2.07. The molecule has 4 N–H and O–H groups in total. The minimum Gasteiger partial charge on any atom is -0.467 e. The van der Waals surface area contributed by atoms with E-state index in [2.05, 4.69) is 10.6 Å². The highest BCUT2D eigenvalue weighted by atomic mass is 35.5. The van der Waals surface area contributed by atoms with E-state index >= 15 is 0 Å². The van der Waals surface area contributed by atoms with Gasteiger partial charge in [-0.25, -0.2) is 0 Å². The minimum absolute atomic E-state index is 0. The molecule has 2 amide bonds. The molecule has 0 aliphatic heterocycles. The van der Waals surface area contributed by atoms with Gasteiger partial charge in [0.1, 0.15) is 18.1 Å². The van der Waals surface area contributed by atoms with E-state index < -0.39 is 6.04 Å². The first-order valence-corrected chi connectivity index (χ1v) is 7.00. The molecule has 0 radical (unpaired) electrons. The molecule has 0 fully saturated rings. The second kappa shape index (κ2) is 8.97. The maximum Gasteiger partial charge on any atom is 0.255 e. The van der Waals surface area contributed by atoms with Crippen LogP contribution in [0, 0.1) is 0 Å². The van der Waals surface area contributed by atoms with Crippen LogP contribution in [0.1, 0.15) is 28.6 Å². The van der Waals surface area contributed by atoms with Gasteiger partial charge in [0.15, 0.2) is 0 Å². The molecule has 7 heteroatoms. The van der Waals surface area contributed by atoms with Gasteiger partial charge in [-0.1, -0.05) is 30.3 Å². The summed E-state index contributed by atoms with van der Waals surface area (Å²) in [4.78, 5) is 23.9. The number of rotatable bonds is 6. The summed E-state index contributed by atoms with van der Waals surface area (Å²) < 4.78 is 5.10. The lowest BCUT2D eigenvalue weighted by atomic mass is 10.2. The Balaban J connectivity index is 0.00000264. The van der Waals surface area contributed by atoms with Crippen LogP contribution in [0.5, 0.6) is 0 Å². The van der Waals surface area contributed by atoms with Crippen LogP contribution in [-0.4, -0.2) is 17.9 Å². The number of amides is 2. The zero-order valence-electron chi connectivity index (χ0n) is 12.7. The molecule has 2 aromatic rings. The van der Waals surface area contributed by atoms with Crippen LogP contribution in [0.4, 0.5) is 0 Å². The summed E-state index contributed by atoms with van der Waals surface area (Å²) in [6.45, 7) is 2.27. The molecular weight excluding hydrogens is 318 g/mol. The zero-order chi connectivity index (χ0) is 15.9. The fourth-order valence-corrected chi connectivity index (χ4v) is 1.89. The summed E-state index contributed by atoms with van der Waals surface area (Å²) in [5.74, 6) is -0.100. The molecule has 0 saturated carbocycles. The molecule has 1 aromatic carbocycles. The molecule has 0 aliphatic carbocycles. The summed E-state index contributed by atoms with van der Waals surface area (Å²) >= 11 is 0. The number of hydrogen-bond acceptors (Lipinski definition) is 4. The average Bonchev–Trinajstić information content (AvgIpc) is 3.02. The first-order valence-electron chi connectivity index (χ1n) is 7.00. The quantitative estimate of drug-likeness (QED) is 0.745. The van der Waals surface area contributed by atoms with E-state index in [9.17, 15) is 9.59 Å². The van der Waals surface area contributed by atoms with Crippen LogP contribution in [0.15, 0.2) is 47.1 Å². The highest BCUT2D eigenvalue weighted by molar-refractivity contribution is 5.97. The standard InChI is InChI=1S/C16H19N3O3.ClH/c1-11(15(20)18-9-12-5-3-2-4-6-12)19-16(21)13-7-14(8-17)22-10-13;/h2-7,10-11H,8-9,17H2,1H3,(H,18,20)(H,19,21);1H. The normalized spacial score (nSPS) is 11.2. The predicted molar refractivity (Wildman–Crippen MR) is 89.1 cm³/mol. The monoisotopic (exact) mass is 337 g/mol. The van der Waals surface area contributed by atoms with Gasteiger partial charge in [0, 0.05) is 6.54 Å². The first kappa shape index (κ1) is 18.7. The van der Waals surface area contributed by atoms with Gasteiger partial charge in [0.2, 0.25) is 5.91 Å². The molecule has 0 spiro atoms. The van der Waals surface area contributed by atoms with Crippen molar-refractivity contribution < 1.29 is 14.0 Å². The minimum atomic E-state index is -0.646. The summed E-state index contributed by atoms with van der Waals surface area (Å²) in [5, 5.41) is 5.39. The SMILES string of the molecule is CC(NC(=O)c1coc(CN)c1)C(=O)NCc1ccccc1.Cl. The van der Waals surface area contributed by atoms with E-state index in [0.717, 1.165) is 5.56 Å². The third kappa shape index (κ3) is 5.43. The fraction of sp³-hybridized carbons (Fsp3) is 0.250. The van der Waals surface area contributed by atoms with Crippen molar-refractivity contribution in [2.75, 3.05) is 0 Å². The molecule has 1 aromatic heterocycles. The van der Waals surface area contributed by atoms with E-state index in [1.807, 2.05) is 30.3 Å². The number of carbonyl (C=O) groups excluding carboxylic acids is 2. The Kier molecular flexibility index (Phi) is 7.31. The van der Waals surface area contributed by atoms with Crippen LogP contribution >= 0.6 is 12.4 Å². The number of carbonyl (C=O) groups is 2. The van der Waals surface area contributed by atoms with Gasteiger partial charge in [0.25, 0.3) is 5.91 Å². The molecule has 0 saturated heterocycles. The second-order valence-electron chi connectivity index (χ2n) is 4.90. The topological polar surface area (TPSA) is 97.4 Å². The fourth-order valence-electron chi connectivity index (χ4n) is 1.89. The van der Waals surface area contributed by atoms with Crippen LogP contribution in [-0.2, 0) is 17.9 Å². The Labute approximate surface area is 140 Å². The summed E-state index contributed by atoms with van der Waals surface area (Å²) in [7, 11) is 0. The van der Waals surface area contributed by atoms with E-state index in [1.165, 1.54) is 6.26 Å². The van der Waals surface area contributed by atoms with Crippen molar-refractivity contribution in [1.29, 1.82) is 0 Å². The lowest BCUT2D eigenvalue weighted by Gasteiger charge is -2.13. The second-order valence-corrected chi connectivity index (χ2v) is 4.90. The van der Waals surface area contributed by atoms with Gasteiger partial charge in [-0.3, -0.25) is 9.59 Å². The molecule has 1 atom stereocenters. The van der Waals surface area contributed by atoms with Crippen LogP contribution in [0.25, 0.3) is 0 Å². The van der Waals surface area contributed by atoms with E-state index in [-0.39, 0.29) is 30.8 Å². The Morgan fingerprint density at radius 1 is 1.26 bits per heavy atom. The van der Waals surface area contributed by atoms with Crippen molar-refractivity contribution >= 4 is 24.2 Å². The lowest BCUT2D eigenvalue weighted by Crippen LogP contribution is -2.44.